The Labute approximate surface area is 239 Å². The van der Waals surface area contributed by atoms with Gasteiger partial charge in [-0.15, -0.1) is 23.1 Å². The fourth-order valence-corrected chi connectivity index (χ4v) is 6.80. The predicted molar refractivity (Wildman–Crippen MR) is 154 cm³/mol. The van der Waals surface area contributed by atoms with Crippen molar-refractivity contribution in [2.24, 2.45) is 5.10 Å². The van der Waals surface area contributed by atoms with E-state index in [0.29, 0.717) is 10.6 Å². The van der Waals surface area contributed by atoms with Crippen LogP contribution in [0.1, 0.15) is 31.1 Å². The largest absolute Gasteiger partial charge is 0.451 e. The third kappa shape index (κ3) is 5.56. The fourth-order valence-electron chi connectivity index (χ4n) is 4.58. The van der Waals surface area contributed by atoms with Crippen LogP contribution in [-0.2, 0) is 23.9 Å². The molecule has 3 aromatic rings. The molecule has 40 heavy (non-hydrogen) atoms. The molecule has 1 saturated heterocycles. The molecule has 1 aromatic heterocycles. The summed E-state index contributed by atoms with van der Waals surface area (Å²) in [5, 5.41) is 5.04. The first-order chi connectivity index (χ1) is 19.3. The Morgan fingerprint density at radius 3 is 2.20 bits per heavy atom. The van der Waals surface area contributed by atoms with Gasteiger partial charge in [-0.25, -0.2) is 5.43 Å². The lowest BCUT2D eigenvalue weighted by Gasteiger charge is -2.51. The zero-order chi connectivity index (χ0) is 28.2. The lowest BCUT2D eigenvalue weighted by molar-refractivity contribution is -0.147. The van der Waals surface area contributed by atoms with Gasteiger partial charge in [-0.3, -0.25) is 24.1 Å². The molecule has 1 fully saturated rings. The lowest BCUT2D eigenvalue weighted by atomic mass is 10.0. The van der Waals surface area contributed by atoms with Gasteiger partial charge in [0.25, 0.3) is 5.91 Å². The number of benzene rings is 2. The molecule has 0 radical (unpaired) electrons. The number of nitrogens with zero attached hydrogens (tertiary/aromatic N) is 3. The average Bonchev–Trinajstić information content (AvgIpc) is 3.49. The third-order valence-corrected chi connectivity index (χ3v) is 8.74. The maximum atomic E-state index is 13.8. The van der Waals surface area contributed by atoms with Crippen molar-refractivity contribution in [3.63, 3.8) is 0 Å². The number of carbonyl (C=O) groups is 4. The Morgan fingerprint density at radius 1 is 1.00 bits per heavy atom. The summed E-state index contributed by atoms with van der Waals surface area (Å²) in [4.78, 5) is 54.1. The molecule has 3 atom stereocenters. The number of amides is 3. The first-order valence-corrected chi connectivity index (χ1v) is 14.3. The van der Waals surface area contributed by atoms with Crippen molar-refractivity contribution in [1.82, 2.24) is 10.3 Å². The molecule has 2 aliphatic heterocycles. The highest BCUT2D eigenvalue weighted by atomic mass is 32.2. The van der Waals surface area contributed by atoms with Crippen molar-refractivity contribution in [3.05, 3.63) is 101 Å². The van der Waals surface area contributed by atoms with E-state index in [1.807, 2.05) is 72.1 Å². The van der Waals surface area contributed by atoms with Crippen LogP contribution in [-0.4, -0.2) is 51.5 Å². The summed E-state index contributed by atoms with van der Waals surface area (Å²) in [6.45, 7) is 2.73. The summed E-state index contributed by atoms with van der Waals surface area (Å²) in [5.74, 6) is -1.45. The molecule has 3 heterocycles. The van der Waals surface area contributed by atoms with E-state index >= 15 is 0 Å². The zero-order valence-corrected chi connectivity index (χ0v) is 23.3. The minimum Gasteiger partial charge on any atom is -0.451 e. The van der Waals surface area contributed by atoms with E-state index < -0.39 is 28.7 Å². The Bertz CT molecular complexity index is 1420. The van der Waals surface area contributed by atoms with Gasteiger partial charge in [0.05, 0.1) is 11.2 Å². The number of hydrogen-bond donors (Lipinski definition) is 1. The van der Waals surface area contributed by atoms with Crippen LogP contribution in [0.4, 0.5) is 5.00 Å². The van der Waals surface area contributed by atoms with Crippen molar-refractivity contribution in [3.8, 4) is 0 Å². The molecular formula is C29H26N4O5S2. The van der Waals surface area contributed by atoms with Gasteiger partial charge in [0.2, 0.25) is 11.8 Å². The number of hydrogen-bond acceptors (Lipinski definition) is 8. The molecule has 5 rings (SSSR count). The van der Waals surface area contributed by atoms with Gasteiger partial charge in [-0.05, 0) is 28.6 Å². The summed E-state index contributed by atoms with van der Waals surface area (Å²) in [5.41, 5.74) is 4.33. The van der Waals surface area contributed by atoms with Crippen LogP contribution < -0.4 is 10.3 Å². The van der Waals surface area contributed by atoms with Gasteiger partial charge in [-0.1, -0.05) is 60.7 Å². The molecule has 2 aromatic carbocycles. The number of nitrogens with one attached hydrogen (secondary N) is 1. The van der Waals surface area contributed by atoms with Crippen molar-refractivity contribution in [2.45, 2.75) is 36.6 Å². The number of rotatable bonds is 8. The van der Waals surface area contributed by atoms with E-state index in [4.69, 9.17) is 4.74 Å². The third-order valence-electron chi connectivity index (χ3n) is 6.37. The van der Waals surface area contributed by atoms with Crippen LogP contribution in [0.15, 0.2) is 95.1 Å². The minimum absolute atomic E-state index is 0.268. The summed E-state index contributed by atoms with van der Waals surface area (Å²) in [6, 6.07) is 21.7. The highest BCUT2D eigenvalue weighted by Crippen LogP contribution is 2.45. The number of thiophene rings is 1. The van der Waals surface area contributed by atoms with Gasteiger partial charge in [0, 0.05) is 25.6 Å². The van der Waals surface area contributed by atoms with Gasteiger partial charge in [0.1, 0.15) is 16.7 Å². The fraction of sp³-hybridized carbons (Fsp3) is 0.207. The smallest absolute Gasteiger partial charge is 0.324 e. The molecule has 0 saturated carbocycles. The maximum Gasteiger partial charge on any atom is 0.324 e. The molecule has 3 amide bonds. The first kappa shape index (κ1) is 27.4. The first-order valence-electron chi connectivity index (χ1n) is 12.5. The quantitative estimate of drug-likeness (QED) is 0.188. The monoisotopic (exact) mass is 574 g/mol. The second-order valence-corrected chi connectivity index (χ2v) is 11.3. The summed E-state index contributed by atoms with van der Waals surface area (Å²) < 4.78 is 6.14. The standard InChI is InChI=1S/C29H26N4O5S2/c1-18(34)31-30-16-22-17-32-27(36)24(33(19(2)35)23-14-9-15-39-23)28(32)40-26(22)29(37)38-25(20-10-5-3-6-11-20)21-12-7-4-8-13-21/h3-17,24-26,28H,1-2H3,(H,31,34)/t24?,26?,28-/m1/s1. The predicted octanol–water partition coefficient (Wildman–Crippen LogP) is 4.09. The topological polar surface area (TPSA) is 108 Å². The van der Waals surface area contributed by atoms with E-state index in [9.17, 15) is 19.2 Å². The Kier molecular flexibility index (Phi) is 8.13. The van der Waals surface area contributed by atoms with Crippen molar-refractivity contribution in [2.75, 3.05) is 4.90 Å². The SMILES string of the molecule is CC(=O)NN=CC1=CN2C(=O)C(N(C(C)=O)c3cccs3)[C@H]2SC1C(=O)OC(c1ccccc1)c1ccccc1. The molecule has 9 nitrogen and oxygen atoms in total. The van der Waals surface area contributed by atoms with Crippen LogP contribution in [0.2, 0.25) is 0 Å². The van der Waals surface area contributed by atoms with E-state index in [2.05, 4.69) is 10.5 Å². The highest BCUT2D eigenvalue weighted by Gasteiger charge is 2.56. The van der Waals surface area contributed by atoms with Crippen LogP contribution in [0.5, 0.6) is 0 Å². The number of thioether (sulfide) groups is 1. The number of ether oxygens (including phenoxy) is 1. The van der Waals surface area contributed by atoms with Gasteiger partial charge >= 0.3 is 5.97 Å². The number of hydrazone groups is 1. The normalized spacial score (nSPS) is 20.0. The Balaban J connectivity index is 1.47. The second kappa shape index (κ2) is 11.9. The summed E-state index contributed by atoms with van der Waals surface area (Å²) in [7, 11) is 0. The molecule has 1 N–H and O–H groups in total. The second-order valence-electron chi connectivity index (χ2n) is 9.13. The van der Waals surface area contributed by atoms with E-state index in [1.165, 1.54) is 53.0 Å². The van der Waals surface area contributed by atoms with E-state index in [1.54, 1.807) is 12.3 Å². The molecule has 204 valence electrons. The number of fused-ring (bicyclic) bond motifs is 1. The number of carbonyl (C=O) groups excluding carboxylic acids is 4. The molecule has 0 bridgehead atoms. The van der Waals surface area contributed by atoms with Crippen LogP contribution in [0.3, 0.4) is 0 Å². The van der Waals surface area contributed by atoms with Crippen LogP contribution in [0, 0.1) is 0 Å². The van der Waals surface area contributed by atoms with Gasteiger partial charge in [-0.2, -0.15) is 5.10 Å². The average molecular weight is 575 g/mol. The van der Waals surface area contributed by atoms with Crippen LogP contribution >= 0.6 is 23.1 Å². The molecule has 11 heteroatoms. The Hall–Kier alpha value is -4.22. The maximum absolute atomic E-state index is 13.8. The number of β-lactam (4-membered cyclic amide) rings is 1. The summed E-state index contributed by atoms with van der Waals surface area (Å²) in [6.07, 6.45) is 2.23. The van der Waals surface area contributed by atoms with Crippen molar-refractivity contribution >= 4 is 58.0 Å². The molecule has 2 unspecified atom stereocenters. The highest BCUT2D eigenvalue weighted by molar-refractivity contribution is 8.01. The zero-order valence-electron chi connectivity index (χ0n) is 21.7. The lowest BCUT2D eigenvalue weighted by Crippen LogP contribution is -2.70. The van der Waals surface area contributed by atoms with Crippen LogP contribution in [0.25, 0.3) is 0 Å². The van der Waals surface area contributed by atoms with Crippen molar-refractivity contribution in [1.29, 1.82) is 0 Å². The minimum atomic E-state index is -0.874. The Morgan fingerprint density at radius 2 is 1.65 bits per heavy atom. The summed E-state index contributed by atoms with van der Waals surface area (Å²) >= 11 is 2.57. The molecule has 2 aliphatic rings. The number of esters is 1. The van der Waals surface area contributed by atoms with Gasteiger partial charge in [0.15, 0.2) is 6.10 Å². The number of anilines is 1. The van der Waals surface area contributed by atoms with Crippen molar-refractivity contribution < 1.29 is 23.9 Å². The van der Waals surface area contributed by atoms with E-state index in [-0.39, 0.29) is 17.7 Å². The molecule has 0 spiro atoms. The molecule has 0 aliphatic carbocycles. The van der Waals surface area contributed by atoms with Gasteiger partial charge < -0.3 is 9.64 Å². The van der Waals surface area contributed by atoms with E-state index in [0.717, 1.165) is 11.1 Å². The molecular weight excluding hydrogens is 548 g/mol.